The molecule has 0 spiro atoms. The number of unbranched alkanes of at least 4 members (excludes halogenated alkanes) is 1. The molecule has 0 atom stereocenters. The lowest BCUT2D eigenvalue weighted by molar-refractivity contribution is 0.438. The van der Waals surface area contributed by atoms with E-state index in [4.69, 9.17) is 0 Å². The molecule has 0 saturated carbocycles. The van der Waals surface area contributed by atoms with Gasteiger partial charge < -0.3 is 0 Å². The Kier molecular flexibility index (Phi) is 3.85. The van der Waals surface area contributed by atoms with Crippen LogP contribution in [0.15, 0.2) is 24.3 Å². The van der Waals surface area contributed by atoms with E-state index in [0.29, 0.717) is 0 Å². The first-order valence-corrected chi connectivity index (χ1v) is 6.25. The van der Waals surface area contributed by atoms with Gasteiger partial charge in [0.1, 0.15) is 0 Å². The van der Waals surface area contributed by atoms with E-state index in [1.807, 2.05) is 0 Å². The molecule has 0 bridgehead atoms. The van der Waals surface area contributed by atoms with Gasteiger partial charge >= 0.3 is 0 Å². The first-order valence-electron chi connectivity index (χ1n) is 6.25. The van der Waals surface area contributed by atoms with Crippen molar-refractivity contribution in [3.63, 3.8) is 0 Å². The molecule has 0 N–H and O–H groups in total. The van der Waals surface area contributed by atoms with Crippen molar-refractivity contribution >= 4 is 0 Å². The van der Waals surface area contributed by atoms with Gasteiger partial charge in [-0.1, -0.05) is 37.1 Å². The largest absolute Gasteiger partial charge is 0.0882 e. The summed E-state index contributed by atoms with van der Waals surface area (Å²) in [5.74, 6) is 1.99. The minimum atomic E-state index is 0.997. The van der Waals surface area contributed by atoms with Crippen LogP contribution in [-0.2, 0) is 0 Å². The van der Waals surface area contributed by atoms with Gasteiger partial charge in [0.05, 0.1) is 0 Å². The van der Waals surface area contributed by atoms with Crippen molar-refractivity contribution in [2.45, 2.75) is 51.4 Å². The molecule has 78 valence electrons. The Morgan fingerprint density at radius 2 is 1.00 bits per heavy atom. The Hall–Kier alpha value is -0.520. The summed E-state index contributed by atoms with van der Waals surface area (Å²) in [5.41, 5.74) is 0. The van der Waals surface area contributed by atoms with Crippen LogP contribution < -0.4 is 0 Å². The highest BCUT2D eigenvalue weighted by atomic mass is 14.2. The molecule has 0 nitrogen and oxygen atoms in total. The van der Waals surface area contributed by atoms with Crippen LogP contribution in [0.4, 0.5) is 0 Å². The average Bonchev–Trinajstić information content (AvgIpc) is 2.86. The highest BCUT2D eigenvalue weighted by Crippen LogP contribution is 2.27. The van der Waals surface area contributed by atoms with Crippen LogP contribution in [0.3, 0.4) is 0 Å². The Balaban J connectivity index is 1.47. The summed E-state index contributed by atoms with van der Waals surface area (Å²) in [4.78, 5) is 0. The summed E-state index contributed by atoms with van der Waals surface area (Å²) < 4.78 is 0. The normalized spacial score (nSPS) is 22.6. The molecule has 0 heteroatoms. The van der Waals surface area contributed by atoms with E-state index in [1.165, 1.54) is 51.4 Å². The maximum absolute atomic E-state index is 2.35. The lowest BCUT2D eigenvalue weighted by atomic mass is 9.95. The van der Waals surface area contributed by atoms with E-state index >= 15 is 0 Å². The van der Waals surface area contributed by atoms with Crippen LogP contribution >= 0.6 is 0 Å². The highest BCUT2D eigenvalue weighted by Gasteiger charge is 2.12. The molecule has 2 rings (SSSR count). The van der Waals surface area contributed by atoms with E-state index in [0.717, 1.165) is 11.8 Å². The molecular weight excluding hydrogens is 168 g/mol. The minimum absolute atomic E-state index is 0.997. The van der Waals surface area contributed by atoms with Crippen LogP contribution in [0.2, 0.25) is 0 Å². The number of allylic oxidation sites excluding steroid dienone is 4. The average molecular weight is 190 g/mol. The molecule has 2 aliphatic carbocycles. The molecule has 0 aromatic rings. The van der Waals surface area contributed by atoms with Crippen LogP contribution in [0, 0.1) is 11.8 Å². The third-order valence-electron chi connectivity index (χ3n) is 3.69. The lowest BCUT2D eigenvalue weighted by Crippen LogP contribution is -1.96. The van der Waals surface area contributed by atoms with Gasteiger partial charge in [-0.3, -0.25) is 0 Å². The Morgan fingerprint density at radius 1 is 0.643 bits per heavy atom. The Labute approximate surface area is 88.1 Å². The van der Waals surface area contributed by atoms with Gasteiger partial charge in [-0.25, -0.2) is 0 Å². The highest BCUT2D eigenvalue weighted by molar-refractivity contribution is 4.95. The fourth-order valence-electron chi connectivity index (χ4n) is 2.68. The lowest BCUT2D eigenvalue weighted by Gasteiger charge is -2.11. The zero-order chi connectivity index (χ0) is 9.64. The molecule has 0 aliphatic heterocycles. The maximum Gasteiger partial charge on any atom is -0.0319 e. The summed E-state index contributed by atoms with van der Waals surface area (Å²) in [6.45, 7) is 0. The molecule has 0 aromatic heterocycles. The van der Waals surface area contributed by atoms with Gasteiger partial charge in [0.15, 0.2) is 0 Å². The van der Waals surface area contributed by atoms with Crippen molar-refractivity contribution in [3.8, 4) is 0 Å². The fraction of sp³-hybridized carbons (Fsp3) is 0.714. The molecule has 0 aromatic carbocycles. The molecule has 0 radical (unpaired) electrons. The first-order chi connectivity index (χ1) is 6.95. The fourth-order valence-corrected chi connectivity index (χ4v) is 2.68. The predicted molar refractivity (Wildman–Crippen MR) is 62.2 cm³/mol. The van der Waals surface area contributed by atoms with E-state index in [2.05, 4.69) is 24.3 Å². The monoisotopic (exact) mass is 190 g/mol. The first kappa shape index (κ1) is 10.0. The maximum atomic E-state index is 2.35. The van der Waals surface area contributed by atoms with E-state index in [9.17, 15) is 0 Å². The van der Waals surface area contributed by atoms with Crippen molar-refractivity contribution in [2.75, 3.05) is 0 Å². The van der Waals surface area contributed by atoms with Gasteiger partial charge in [0.2, 0.25) is 0 Å². The third-order valence-corrected chi connectivity index (χ3v) is 3.69. The molecule has 2 aliphatic rings. The predicted octanol–water partition coefficient (Wildman–Crippen LogP) is 4.48. The van der Waals surface area contributed by atoms with Gasteiger partial charge in [-0.2, -0.15) is 0 Å². The van der Waals surface area contributed by atoms with Gasteiger partial charge in [-0.05, 0) is 50.4 Å². The van der Waals surface area contributed by atoms with Crippen molar-refractivity contribution in [1.29, 1.82) is 0 Å². The second-order valence-corrected chi connectivity index (χ2v) is 4.90. The van der Waals surface area contributed by atoms with E-state index in [1.54, 1.807) is 0 Å². The molecular formula is C14H22. The zero-order valence-corrected chi connectivity index (χ0v) is 9.12. The van der Waals surface area contributed by atoms with Crippen molar-refractivity contribution in [3.05, 3.63) is 24.3 Å². The molecule has 0 heterocycles. The summed E-state index contributed by atoms with van der Waals surface area (Å²) in [6, 6.07) is 0. The quantitative estimate of drug-likeness (QED) is 0.443. The van der Waals surface area contributed by atoms with E-state index in [-0.39, 0.29) is 0 Å². The molecule has 14 heavy (non-hydrogen) atoms. The summed E-state index contributed by atoms with van der Waals surface area (Å²) in [5, 5.41) is 0. The van der Waals surface area contributed by atoms with Crippen molar-refractivity contribution in [1.82, 2.24) is 0 Å². The van der Waals surface area contributed by atoms with Gasteiger partial charge in [0.25, 0.3) is 0 Å². The number of hydrogen-bond acceptors (Lipinski definition) is 0. The Bertz CT molecular complexity index is 172. The van der Waals surface area contributed by atoms with Crippen LogP contribution in [-0.4, -0.2) is 0 Å². The molecule has 0 saturated heterocycles. The molecule has 0 unspecified atom stereocenters. The summed E-state index contributed by atoms with van der Waals surface area (Å²) in [6.07, 6.45) is 20.7. The van der Waals surface area contributed by atoms with Crippen LogP contribution in [0.25, 0.3) is 0 Å². The minimum Gasteiger partial charge on any atom is -0.0882 e. The summed E-state index contributed by atoms with van der Waals surface area (Å²) >= 11 is 0. The zero-order valence-electron chi connectivity index (χ0n) is 9.12. The Morgan fingerprint density at radius 3 is 1.36 bits per heavy atom. The SMILES string of the molecule is C1=CCC(CCCCC2CC=CC2)C1. The standard InChI is InChI=1S/C14H22/c1-2-8-13(7-1)11-5-6-12-14-9-3-4-10-14/h1-4,13-14H,5-12H2. The van der Waals surface area contributed by atoms with Crippen molar-refractivity contribution < 1.29 is 0 Å². The smallest absolute Gasteiger partial charge is 0.0319 e. The molecule has 0 fully saturated rings. The second-order valence-electron chi connectivity index (χ2n) is 4.90. The van der Waals surface area contributed by atoms with E-state index < -0.39 is 0 Å². The second kappa shape index (κ2) is 5.38. The van der Waals surface area contributed by atoms with Crippen LogP contribution in [0.1, 0.15) is 51.4 Å². The number of rotatable bonds is 5. The third kappa shape index (κ3) is 3.01. The number of hydrogen-bond donors (Lipinski definition) is 0. The topological polar surface area (TPSA) is 0 Å². The van der Waals surface area contributed by atoms with Gasteiger partial charge in [0, 0.05) is 0 Å². The summed E-state index contributed by atoms with van der Waals surface area (Å²) in [7, 11) is 0. The van der Waals surface area contributed by atoms with Crippen LogP contribution in [0.5, 0.6) is 0 Å². The van der Waals surface area contributed by atoms with Crippen molar-refractivity contribution in [2.24, 2.45) is 11.8 Å². The van der Waals surface area contributed by atoms with Gasteiger partial charge in [-0.15, -0.1) is 0 Å². The molecule has 0 amide bonds.